The van der Waals surface area contributed by atoms with Gasteiger partial charge in [0.1, 0.15) is 0 Å². The summed E-state index contributed by atoms with van der Waals surface area (Å²) in [5, 5.41) is 3.55. The molecule has 0 heterocycles. The molecular formula is C15H19BrClNO. The zero-order valence-corrected chi connectivity index (χ0v) is 13.3. The molecule has 1 aromatic carbocycles. The van der Waals surface area contributed by atoms with E-state index in [-0.39, 0.29) is 11.8 Å². The summed E-state index contributed by atoms with van der Waals surface area (Å²) in [6.07, 6.45) is 8.12. The Morgan fingerprint density at radius 1 is 1.16 bits per heavy atom. The van der Waals surface area contributed by atoms with Gasteiger partial charge in [-0.2, -0.15) is 0 Å². The van der Waals surface area contributed by atoms with E-state index in [1.54, 1.807) is 6.07 Å². The van der Waals surface area contributed by atoms with Crippen LogP contribution in [0.4, 0.5) is 5.69 Å². The second kappa shape index (κ2) is 7.30. The number of anilines is 1. The average molecular weight is 345 g/mol. The van der Waals surface area contributed by atoms with Gasteiger partial charge in [0.15, 0.2) is 0 Å². The number of carbonyl (C=O) groups is 1. The summed E-state index contributed by atoms with van der Waals surface area (Å²) in [5.41, 5.74) is 0.697. The summed E-state index contributed by atoms with van der Waals surface area (Å²) >= 11 is 9.50. The minimum Gasteiger partial charge on any atom is -0.324 e. The monoisotopic (exact) mass is 343 g/mol. The van der Waals surface area contributed by atoms with Crippen molar-refractivity contribution in [3.8, 4) is 0 Å². The summed E-state index contributed by atoms with van der Waals surface area (Å²) in [7, 11) is 0. The number of hydrogen-bond donors (Lipinski definition) is 1. The van der Waals surface area contributed by atoms with Crippen molar-refractivity contribution in [3.05, 3.63) is 27.7 Å². The Bertz CT molecular complexity index is 442. The molecule has 19 heavy (non-hydrogen) atoms. The molecule has 0 atom stereocenters. The molecule has 0 spiro atoms. The average Bonchev–Trinajstić information content (AvgIpc) is 2.33. The summed E-state index contributed by atoms with van der Waals surface area (Å²) in [4.78, 5) is 12.3. The molecule has 104 valence electrons. The summed E-state index contributed by atoms with van der Waals surface area (Å²) in [6.45, 7) is 0. The van der Waals surface area contributed by atoms with Gasteiger partial charge in [-0.05, 0) is 31.0 Å². The molecule has 1 N–H and O–H groups in total. The van der Waals surface area contributed by atoms with Gasteiger partial charge in [-0.3, -0.25) is 4.79 Å². The Morgan fingerprint density at radius 2 is 1.79 bits per heavy atom. The molecule has 1 aromatic rings. The molecule has 0 bridgehead atoms. The first-order valence-corrected chi connectivity index (χ1v) is 8.10. The number of nitrogens with one attached hydrogen (secondary N) is 1. The van der Waals surface area contributed by atoms with Crippen molar-refractivity contribution >= 4 is 39.1 Å². The van der Waals surface area contributed by atoms with E-state index >= 15 is 0 Å². The van der Waals surface area contributed by atoms with Crippen LogP contribution in [0, 0.1) is 5.92 Å². The van der Waals surface area contributed by atoms with Crippen LogP contribution >= 0.6 is 27.5 Å². The fourth-order valence-corrected chi connectivity index (χ4v) is 3.07. The first-order valence-electron chi connectivity index (χ1n) is 6.93. The lowest BCUT2D eigenvalue weighted by Gasteiger charge is -2.19. The molecule has 0 aromatic heterocycles. The third-order valence-corrected chi connectivity index (χ3v) is 4.49. The van der Waals surface area contributed by atoms with Gasteiger partial charge in [0, 0.05) is 10.4 Å². The second-order valence-electron chi connectivity index (χ2n) is 5.16. The fraction of sp³-hybridized carbons (Fsp3) is 0.533. The van der Waals surface area contributed by atoms with Crippen LogP contribution in [0.1, 0.15) is 44.9 Å². The Hall–Kier alpha value is -0.540. The van der Waals surface area contributed by atoms with Crippen molar-refractivity contribution in [3.63, 3.8) is 0 Å². The van der Waals surface area contributed by atoms with Crippen LogP contribution < -0.4 is 5.32 Å². The van der Waals surface area contributed by atoms with Gasteiger partial charge in [-0.25, -0.2) is 0 Å². The standard InChI is InChI=1S/C15H19BrClNO/c16-12-8-9-13(17)14(10-12)18-15(19)11-6-4-2-1-3-5-7-11/h8-11H,1-7H2,(H,18,19). The van der Waals surface area contributed by atoms with Crippen molar-refractivity contribution in [2.45, 2.75) is 44.9 Å². The molecule has 1 aliphatic carbocycles. The molecule has 1 amide bonds. The van der Waals surface area contributed by atoms with E-state index in [1.165, 1.54) is 19.3 Å². The minimum atomic E-state index is 0.113. The highest BCUT2D eigenvalue weighted by molar-refractivity contribution is 9.10. The normalized spacial score (nSPS) is 17.6. The lowest BCUT2D eigenvalue weighted by Crippen LogP contribution is -2.23. The van der Waals surface area contributed by atoms with Gasteiger partial charge < -0.3 is 5.32 Å². The van der Waals surface area contributed by atoms with Crippen LogP contribution in [-0.4, -0.2) is 5.91 Å². The van der Waals surface area contributed by atoms with Crippen LogP contribution in [0.15, 0.2) is 22.7 Å². The quantitative estimate of drug-likeness (QED) is 0.764. The highest BCUT2D eigenvalue weighted by atomic mass is 79.9. The van der Waals surface area contributed by atoms with Crippen LogP contribution in [-0.2, 0) is 4.79 Å². The Morgan fingerprint density at radius 3 is 2.47 bits per heavy atom. The van der Waals surface area contributed by atoms with E-state index in [0.29, 0.717) is 10.7 Å². The first-order chi connectivity index (χ1) is 9.16. The lowest BCUT2D eigenvalue weighted by molar-refractivity contribution is -0.120. The molecule has 0 saturated heterocycles. The summed E-state index contributed by atoms with van der Waals surface area (Å²) < 4.78 is 0.921. The molecule has 2 nitrogen and oxygen atoms in total. The van der Waals surface area contributed by atoms with Crippen LogP contribution in [0.3, 0.4) is 0 Å². The van der Waals surface area contributed by atoms with Crippen molar-refractivity contribution in [2.75, 3.05) is 5.32 Å². The van der Waals surface area contributed by atoms with Gasteiger partial charge >= 0.3 is 0 Å². The molecule has 1 fully saturated rings. The zero-order valence-electron chi connectivity index (χ0n) is 10.9. The third kappa shape index (κ3) is 4.50. The zero-order chi connectivity index (χ0) is 13.7. The molecule has 1 saturated carbocycles. The van der Waals surface area contributed by atoms with Crippen molar-refractivity contribution in [1.82, 2.24) is 0 Å². The van der Waals surface area contributed by atoms with Crippen LogP contribution in [0.25, 0.3) is 0 Å². The number of amides is 1. The van der Waals surface area contributed by atoms with Crippen LogP contribution in [0.2, 0.25) is 5.02 Å². The van der Waals surface area contributed by atoms with Crippen molar-refractivity contribution < 1.29 is 4.79 Å². The molecule has 0 aliphatic heterocycles. The fourth-order valence-electron chi connectivity index (χ4n) is 2.55. The Labute approximate surface area is 128 Å². The maximum Gasteiger partial charge on any atom is 0.227 e. The Kier molecular flexibility index (Phi) is 5.71. The van der Waals surface area contributed by atoms with E-state index in [4.69, 9.17) is 11.6 Å². The minimum absolute atomic E-state index is 0.113. The highest BCUT2D eigenvalue weighted by Gasteiger charge is 2.20. The van der Waals surface area contributed by atoms with E-state index in [0.717, 1.165) is 30.2 Å². The molecule has 0 unspecified atom stereocenters. The maximum absolute atomic E-state index is 12.3. The van der Waals surface area contributed by atoms with E-state index in [9.17, 15) is 4.79 Å². The number of halogens is 2. The van der Waals surface area contributed by atoms with Gasteiger partial charge in [-0.15, -0.1) is 0 Å². The van der Waals surface area contributed by atoms with E-state index < -0.39 is 0 Å². The lowest BCUT2D eigenvalue weighted by atomic mass is 9.90. The topological polar surface area (TPSA) is 29.1 Å². The number of hydrogen-bond acceptors (Lipinski definition) is 1. The number of benzene rings is 1. The van der Waals surface area contributed by atoms with Gasteiger partial charge in [0.2, 0.25) is 5.91 Å². The van der Waals surface area contributed by atoms with E-state index in [1.807, 2.05) is 12.1 Å². The molecule has 0 radical (unpaired) electrons. The summed E-state index contributed by atoms with van der Waals surface area (Å²) in [6, 6.07) is 5.51. The largest absolute Gasteiger partial charge is 0.324 e. The van der Waals surface area contributed by atoms with Crippen molar-refractivity contribution in [1.29, 1.82) is 0 Å². The predicted octanol–water partition coefficient (Wildman–Crippen LogP) is 5.40. The first kappa shape index (κ1) is 14.9. The molecule has 4 heteroatoms. The maximum atomic E-state index is 12.3. The summed E-state index contributed by atoms with van der Waals surface area (Å²) in [5.74, 6) is 0.247. The molecule has 2 rings (SSSR count). The SMILES string of the molecule is O=C(Nc1cc(Br)ccc1Cl)C1CCCCCCC1. The van der Waals surface area contributed by atoms with Crippen LogP contribution in [0.5, 0.6) is 0 Å². The number of rotatable bonds is 2. The second-order valence-corrected chi connectivity index (χ2v) is 6.48. The van der Waals surface area contributed by atoms with Crippen molar-refractivity contribution in [2.24, 2.45) is 5.92 Å². The number of carbonyl (C=O) groups excluding carboxylic acids is 1. The predicted molar refractivity (Wildman–Crippen MR) is 83.6 cm³/mol. The molecule has 1 aliphatic rings. The third-order valence-electron chi connectivity index (χ3n) is 3.66. The molecular weight excluding hydrogens is 326 g/mol. The Balaban J connectivity index is 2.00. The highest BCUT2D eigenvalue weighted by Crippen LogP contribution is 2.28. The van der Waals surface area contributed by atoms with Gasteiger partial charge in [-0.1, -0.05) is 59.6 Å². The van der Waals surface area contributed by atoms with Gasteiger partial charge in [0.05, 0.1) is 10.7 Å². The smallest absolute Gasteiger partial charge is 0.227 e. The van der Waals surface area contributed by atoms with E-state index in [2.05, 4.69) is 21.2 Å². The van der Waals surface area contributed by atoms with Gasteiger partial charge in [0.25, 0.3) is 0 Å².